The molecule has 1 saturated carbocycles. The van der Waals surface area contributed by atoms with Crippen LogP contribution in [-0.4, -0.2) is 26.9 Å². The Labute approximate surface area is 142 Å². The molecule has 0 spiro atoms. The summed E-state index contributed by atoms with van der Waals surface area (Å²) in [5.41, 5.74) is 1.05. The maximum absolute atomic E-state index is 12.6. The Bertz CT molecular complexity index is 580. The van der Waals surface area contributed by atoms with Crippen LogP contribution in [0.3, 0.4) is 0 Å². The van der Waals surface area contributed by atoms with Gasteiger partial charge in [0.1, 0.15) is 6.61 Å². The van der Waals surface area contributed by atoms with E-state index in [-0.39, 0.29) is 5.91 Å². The number of nitrogens with zero attached hydrogens (tertiary/aromatic N) is 2. The molecule has 3 rings (SSSR count). The predicted molar refractivity (Wildman–Crippen MR) is 94.1 cm³/mol. The van der Waals surface area contributed by atoms with Gasteiger partial charge in [0, 0.05) is 0 Å². The van der Waals surface area contributed by atoms with Gasteiger partial charge in [-0.2, -0.15) is 5.06 Å². The lowest BCUT2D eigenvalue weighted by molar-refractivity contribution is -0.166. The van der Waals surface area contributed by atoms with Crippen molar-refractivity contribution in [2.75, 3.05) is 0 Å². The van der Waals surface area contributed by atoms with Gasteiger partial charge in [-0.3, -0.25) is 14.6 Å². The zero-order chi connectivity index (χ0) is 16.3. The largest absolute Gasteiger partial charge is 0.270 e. The van der Waals surface area contributed by atoms with Gasteiger partial charge < -0.3 is 0 Å². The Hall–Kier alpha value is -1.33. The maximum Gasteiger partial charge on any atom is 0.268 e. The average molecular weight is 332 g/mol. The van der Waals surface area contributed by atoms with E-state index in [1.165, 1.54) is 36.1 Å². The van der Waals surface area contributed by atoms with Crippen molar-refractivity contribution in [1.29, 1.82) is 0 Å². The Morgan fingerprint density at radius 3 is 2.61 bits per heavy atom. The fraction of sp³-hybridized carbons (Fsp3) is 0.556. The summed E-state index contributed by atoms with van der Waals surface area (Å²) in [4.78, 5) is 23.3. The van der Waals surface area contributed by atoms with Crippen molar-refractivity contribution >= 4 is 22.8 Å². The molecule has 0 atom stereocenters. The number of amidine groups is 1. The average Bonchev–Trinajstić information content (AvgIpc) is 2.77. The molecule has 1 amide bonds. The first-order valence-electron chi connectivity index (χ1n) is 8.34. The molecule has 2 aliphatic rings. The van der Waals surface area contributed by atoms with Gasteiger partial charge in [0.05, 0.1) is 10.8 Å². The van der Waals surface area contributed by atoms with Crippen molar-refractivity contribution in [1.82, 2.24) is 5.06 Å². The van der Waals surface area contributed by atoms with Gasteiger partial charge in [-0.15, -0.1) is 0 Å². The molecule has 23 heavy (non-hydrogen) atoms. The Balaban J connectivity index is 1.73. The number of carbonyl (C=O) groups excluding carboxylic acids is 1. The lowest BCUT2D eigenvalue weighted by Crippen LogP contribution is -2.36. The SMILES string of the molecule is CC1(C)SC(=NC2CCCCC2)N(OCc2ccccc2)C1=O. The van der Waals surface area contributed by atoms with Gasteiger partial charge in [-0.1, -0.05) is 61.4 Å². The van der Waals surface area contributed by atoms with Crippen LogP contribution in [0.1, 0.15) is 51.5 Å². The standard InChI is InChI=1S/C18H24N2O2S/c1-18(2)16(21)20(22-13-14-9-5-3-6-10-14)17(23-18)19-15-11-7-4-8-12-15/h3,5-6,9-10,15H,4,7-8,11-13H2,1-2H3. The molecule has 1 heterocycles. The zero-order valence-electron chi connectivity index (χ0n) is 13.8. The summed E-state index contributed by atoms with van der Waals surface area (Å²) in [5.74, 6) is -0.0204. The molecule has 0 bridgehead atoms. The van der Waals surface area contributed by atoms with Crippen LogP contribution >= 0.6 is 11.8 Å². The van der Waals surface area contributed by atoms with E-state index in [9.17, 15) is 4.79 Å². The number of hydroxylamine groups is 2. The van der Waals surface area contributed by atoms with E-state index in [0.717, 1.165) is 23.6 Å². The van der Waals surface area contributed by atoms with Gasteiger partial charge in [0.25, 0.3) is 5.91 Å². The molecule has 1 aliphatic heterocycles. The second kappa shape index (κ2) is 7.05. The summed E-state index contributed by atoms with van der Waals surface area (Å²) in [6.07, 6.45) is 5.99. The van der Waals surface area contributed by atoms with Gasteiger partial charge in [0.2, 0.25) is 0 Å². The second-order valence-electron chi connectivity index (χ2n) is 6.67. The fourth-order valence-corrected chi connectivity index (χ4v) is 3.96. The minimum Gasteiger partial charge on any atom is -0.270 e. The third-order valence-electron chi connectivity index (χ3n) is 4.29. The van der Waals surface area contributed by atoms with Crippen LogP contribution in [-0.2, 0) is 16.2 Å². The van der Waals surface area contributed by atoms with E-state index in [2.05, 4.69) is 0 Å². The van der Waals surface area contributed by atoms with Gasteiger partial charge in [-0.05, 0) is 32.3 Å². The molecule has 1 saturated heterocycles. The van der Waals surface area contributed by atoms with Crippen LogP contribution in [0.4, 0.5) is 0 Å². The normalized spacial score (nSPS) is 23.7. The zero-order valence-corrected chi connectivity index (χ0v) is 14.6. The molecule has 1 aromatic carbocycles. The molecule has 124 valence electrons. The Morgan fingerprint density at radius 2 is 1.91 bits per heavy atom. The third-order valence-corrected chi connectivity index (χ3v) is 5.43. The van der Waals surface area contributed by atoms with E-state index >= 15 is 0 Å². The van der Waals surface area contributed by atoms with E-state index in [1.54, 1.807) is 0 Å². The van der Waals surface area contributed by atoms with E-state index < -0.39 is 4.75 Å². The quantitative estimate of drug-likeness (QED) is 0.831. The summed E-state index contributed by atoms with van der Waals surface area (Å²) in [6, 6.07) is 10.2. The maximum atomic E-state index is 12.6. The van der Waals surface area contributed by atoms with Crippen molar-refractivity contribution in [3.8, 4) is 0 Å². The topological polar surface area (TPSA) is 41.9 Å². The Morgan fingerprint density at radius 1 is 1.22 bits per heavy atom. The van der Waals surface area contributed by atoms with Gasteiger partial charge >= 0.3 is 0 Å². The molecular formula is C18H24N2O2S. The number of rotatable bonds is 4. The van der Waals surface area contributed by atoms with Crippen molar-refractivity contribution in [3.05, 3.63) is 35.9 Å². The first-order chi connectivity index (χ1) is 11.1. The second-order valence-corrected chi connectivity index (χ2v) is 8.26. The fourth-order valence-electron chi connectivity index (χ4n) is 2.92. The number of benzene rings is 1. The molecule has 5 heteroatoms. The van der Waals surface area contributed by atoms with Crippen LogP contribution in [0.15, 0.2) is 35.3 Å². The molecule has 0 unspecified atom stereocenters. The van der Waals surface area contributed by atoms with Crippen LogP contribution in [0, 0.1) is 0 Å². The van der Waals surface area contributed by atoms with Gasteiger partial charge in [-0.25, -0.2) is 0 Å². The number of hydrogen-bond donors (Lipinski definition) is 0. The number of amides is 1. The molecule has 2 fully saturated rings. The number of aliphatic imine (C=N–C) groups is 1. The highest BCUT2D eigenvalue weighted by atomic mass is 32.2. The first kappa shape index (κ1) is 16.5. The van der Waals surface area contributed by atoms with E-state index in [4.69, 9.17) is 9.83 Å². The van der Waals surface area contributed by atoms with Crippen LogP contribution in [0.5, 0.6) is 0 Å². The minimum atomic E-state index is -0.510. The third kappa shape index (κ3) is 3.96. The minimum absolute atomic E-state index is 0.0204. The monoisotopic (exact) mass is 332 g/mol. The molecule has 0 radical (unpaired) electrons. The number of carbonyl (C=O) groups is 1. The highest BCUT2D eigenvalue weighted by molar-refractivity contribution is 8.16. The van der Waals surface area contributed by atoms with Gasteiger partial charge in [0.15, 0.2) is 5.17 Å². The summed E-state index contributed by atoms with van der Waals surface area (Å²) < 4.78 is -0.510. The lowest BCUT2D eigenvalue weighted by Gasteiger charge is -2.21. The van der Waals surface area contributed by atoms with E-state index in [1.807, 2.05) is 44.2 Å². The van der Waals surface area contributed by atoms with Crippen molar-refractivity contribution in [3.63, 3.8) is 0 Å². The molecule has 1 aliphatic carbocycles. The molecule has 0 aromatic heterocycles. The summed E-state index contributed by atoms with van der Waals surface area (Å²) in [7, 11) is 0. The van der Waals surface area contributed by atoms with Crippen molar-refractivity contribution in [2.45, 2.75) is 63.3 Å². The van der Waals surface area contributed by atoms with Crippen LogP contribution in [0.2, 0.25) is 0 Å². The number of thioether (sulfide) groups is 1. The van der Waals surface area contributed by atoms with Crippen LogP contribution < -0.4 is 0 Å². The highest BCUT2D eigenvalue weighted by Gasteiger charge is 2.46. The smallest absolute Gasteiger partial charge is 0.268 e. The molecule has 0 N–H and O–H groups in total. The molecular weight excluding hydrogens is 308 g/mol. The first-order valence-corrected chi connectivity index (χ1v) is 9.16. The lowest BCUT2D eigenvalue weighted by atomic mass is 9.96. The predicted octanol–water partition coefficient (Wildman–Crippen LogP) is 4.16. The van der Waals surface area contributed by atoms with E-state index in [0.29, 0.717) is 12.6 Å². The summed E-state index contributed by atoms with van der Waals surface area (Å²) in [5, 5.41) is 2.15. The summed E-state index contributed by atoms with van der Waals surface area (Å²) >= 11 is 1.51. The highest BCUT2D eigenvalue weighted by Crippen LogP contribution is 2.38. The van der Waals surface area contributed by atoms with Crippen LogP contribution in [0.25, 0.3) is 0 Å². The number of hydrogen-bond acceptors (Lipinski definition) is 4. The molecule has 1 aromatic rings. The van der Waals surface area contributed by atoms with Crippen molar-refractivity contribution < 1.29 is 9.63 Å². The summed E-state index contributed by atoms with van der Waals surface area (Å²) in [6.45, 7) is 4.25. The molecule has 4 nitrogen and oxygen atoms in total. The van der Waals surface area contributed by atoms with Crippen molar-refractivity contribution in [2.24, 2.45) is 4.99 Å². The Kier molecular flexibility index (Phi) is 5.07.